The number of nitrogens with zero attached hydrogens (tertiary/aromatic N) is 2. The van der Waals surface area contributed by atoms with E-state index in [1.807, 2.05) is 0 Å². The van der Waals surface area contributed by atoms with Crippen LogP contribution in [0.3, 0.4) is 0 Å². The van der Waals surface area contributed by atoms with Gasteiger partial charge in [-0.3, -0.25) is 0 Å². The maximum absolute atomic E-state index is 9.84. The predicted molar refractivity (Wildman–Crippen MR) is 74.4 cm³/mol. The standard InChI is InChI=1S/C12H23N3O3S/c1-12(2,3)10(4-5-16)13-6-9(17)8-18-11-7-14-19-15-11/h7,9-10,13,16-17H,4-6,8H2,1-3H3. The van der Waals surface area contributed by atoms with Crippen molar-refractivity contribution in [3.8, 4) is 5.88 Å². The van der Waals surface area contributed by atoms with E-state index in [1.54, 1.807) is 0 Å². The minimum atomic E-state index is -0.620. The number of hydrogen-bond acceptors (Lipinski definition) is 7. The van der Waals surface area contributed by atoms with Crippen LogP contribution in [0.25, 0.3) is 0 Å². The molecule has 1 aromatic heterocycles. The normalized spacial score (nSPS) is 15.2. The lowest BCUT2D eigenvalue weighted by Gasteiger charge is -2.32. The highest BCUT2D eigenvalue weighted by Crippen LogP contribution is 2.21. The number of hydrogen-bond donors (Lipinski definition) is 3. The summed E-state index contributed by atoms with van der Waals surface area (Å²) < 4.78 is 13.0. The number of ether oxygens (including phenoxy) is 1. The van der Waals surface area contributed by atoms with Gasteiger partial charge in [-0.05, 0) is 11.8 Å². The number of aromatic nitrogens is 2. The van der Waals surface area contributed by atoms with E-state index < -0.39 is 6.10 Å². The van der Waals surface area contributed by atoms with Crippen molar-refractivity contribution in [2.45, 2.75) is 39.3 Å². The largest absolute Gasteiger partial charge is 0.473 e. The summed E-state index contributed by atoms with van der Waals surface area (Å²) in [7, 11) is 0. The highest BCUT2D eigenvalue weighted by Gasteiger charge is 2.24. The van der Waals surface area contributed by atoms with Gasteiger partial charge in [0.05, 0.1) is 11.7 Å². The second-order valence-corrected chi connectivity index (χ2v) is 6.11. The molecular formula is C12H23N3O3S. The Kier molecular flexibility index (Phi) is 6.64. The van der Waals surface area contributed by atoms with Crippen LogP contribution >= 0.6 is 11.7 Å². The summed E-state index contributed by atoms with van der Waals surface area (Å²) in [4.78, 5) is 0. The second kappa shape index (κ2) is 7.74. The minimum absolute atomic E-state index is 0.0299. The Morgan fingerprint density at radius 1 is 1.47 bits per heavy atom. The Labute approximate surface area is 118 Å². The quantitative estimate of drug-likeness (QED) is 0.652. The lowest BCUT2D eigenvalue weighted by molar-refractivity contribution is 0.0920. The van der Waals surface area contributed by atoms with Gasteiger partial charge in [-0.2, -0.15) is 4.37 Å². The average molecular weight is 289 g/mol. The number of aliphatic hydroxyl groups excluding tert-OH is 2. The van der Waals surface area contributed by atoms with E-state index in [9.17, 15) is 5.11 Å². The second-order valence-electron chi connectivity index (χ2n) is 5.55. The van der Waals surface area contributed by atoms with Crippen LogP contribution in [0, 0.1) is 5.41 Å². The maximum atomic E-state index is 9.84. The Balaban J connectivity index is 2.29. The molecule has 1 rings (SSSR count). The fourth-order valence-corrected chi connectivity index (χ4v) is 2.07. The van der Waals surface area contributed by atoms with Crippen molar-refractivity contribution in [3.05, 3.63) is 6.20 Å². The zero-order valence-electron chi connectivity index (χ0n) is 11.7. The molecule has 1 aromatic rings. The average Bonchev–Trinajstić information content (AvgIpc) is 2.83. The minimum Gasteiger partial charge on any atom is -0.473 e. The summed E-state index contributed by atoms with van der Waals surface area (Å²) in [5.41, 5.74) is 0.0299. The van der Waals surface area contributed by atoms with Gasteiger partial charge in [-0.1, -0.05) is 20.8 Å². The SMILES string of the molecule is CC(C)(C)C(CCO)NCC(O)COc1cnsn1. The highest BCUT2D eigenvalue weighted by molar-refractivity contribution is 6.99. The van der Waals surface area contributed by atoms with Gasteiger partial charge < -0.3 is 20.3 Å². The van der Waals surface area contributed by atoms with Gasteiger partial charge in [-0.25, -0.2) is 0 Å². The van der Waals surface area contributed by atoms with E-state index in [4.69, 9.17) is 9.84 Å². The first kappa shape index (κ1) is 16.3. The van der Waals surface area contributed by atoms with Crippen LogP contribution in [0.1, 0.15) is 27.2 Å². The van der Waals surface area contributed by atoms with Crippen molar-refractivity contribution in [3.63, 3.8) is 0 Å². The molecule has 1 heterocycles. The van der Waals surface area contributed by atoms with Crippen LogP contribution in [0.15, 0.2) is 6.20 Å². The molecule has 0 spiro atoms. The van der Waals surface area contributed by atoms with Gasteiger partial charge in [0.1, 0.15) is 18.9 Å². The van der Waals surface area contributed by atoms with Crippen molar-refractivity contribution in [2.75, 3.05) is 19.8 Å². The van der Waals surface area contributed by atoms with Gasteiger partial charge in [-0.15, -0.1) is 4.37 Å². The molecule has 0 saturated carbocycles. The van der Waals surface area contributed by atoms with Crippen LogP contribution < -0.4 is 10.1 Å². The van der Waals surface area contributed by atoms with Crippen molar-refractivity contribution < 1.29 is 14.9 Å². The third-order valence-corrected chi connectivity index (χ3v) is 3.29. The molecule has 6 nitrogen and oxygen atoms in total. The zero-order chi connectivity index (χ0) is 14.3. The summed E-state index contributed by atoms with van der Waals surface area (Å²) in [6, 6.07) is 0.146. The maximum Gasteiger partial charge on any atom is 0.245 e. The first-order chi connectivity index (χ1) is 8.93. The van der Waals surface area contributed by atoms with Crippen LogP contribution in [0.4, 0.5) is 0 Å². The van der Waals surface area contributed by atoms with Crippen LogP contribution in [0.2, 0.25) is 0 Å². The number of nitrogens with one attached hydrogen (secondary N) is 1. The van der Waals surface area contributed by atoms with Crippen molar-refractivity contribution in [1.29, 1.82) is 0 Å². The molecule has 0 radical (unpaired) electrons. The Bertz CT molecular complexity index is 340. The topological polar surface area (TPSA) is 87.5 Å². The summed E-state index contributed by atoms with van der Waals surface area (Å²) in [5, 5.41) is 22.2. The molecule has 2 unspecified atom stereocenters. The smallest absolute Gasteiger partial charge is 0.245 e. The van der Waals surface area contributed by atoms with E-state index in [0.29, 0.717) is 18.8 Å². The Morgan fingerprint density at radius 2 is 2.21 bits per heavy atom. The summed E-state index contributed by atoms with van der Waals surface area (Å²) in [5.74, 6) is 0.437. The highest BCUT2D eigenvalue weighted by atomic mass is 32.1. The van der Waals surface area contributed by atoms with E-state index >= 15 is 0 Å². The molecule has 0 saturated heterocycles. The van der Waals surface area contributed by atoms with E-state index in [2.05, 4.69) is 34.8 Å². The molecule has 0 aliphatic heterocycles. The fourth-order valence-electron chi connectivity index (χ4n) is 1.71. The van der Waals surface area contributed by atoms with Crippen LogP contribution in [0.5, 0.6) is 5.88 Å². The first-order valence-corrected chi connectivity index (χ1v) is 7.09. The predicted octanol–water partition coefficient (Wildman–Crippen LogP) is 0.664. The van der Waals surface area contributed by atoms with E-state index in [-0.39, 0.29) is 24.7 Å². The van der Waals surface area contributed by atoms with Gasteiger partial charge in [0.2, 0.25) is 5.88 Å². The molecule has 2 atom stereocenters. The number of rotatable bonds is 8. The molecule has 19 heavy (non-hydrogen) atoms. The third kappa shape index (κ3) is 6.29. The molecular weight excluding hydrogens is 266 g/mol. The third-order valence-electron chi connectivity index (χ3n) is 2.83. The molecule has 0 bridgehead atoms. The number of aliphatic hydroxyl groups is 2. The first-order valence-electron chi connectivity index (χ1n) is 6.36. The Morgan fingerprint density at radius 3 is 2.74 bits per heavy atom. The summed E-state index contributed by atoms with van der Waals surface area (Å²) >= 11 is 1.07. The van der Waals surface area contributed by atoms with Crippen LogP contribution in [-0.4, -0.2) is 50.9 Å². The lowest BCUT2D eigenvalue weighted by atomic mass is 9.85. The van der Waals surface area contributed by atoms with Gasteiger partial charge in [0.25, 0.3) is 0 Å². The molecule has 3 N–H and O–H groups in total. The fraction of sp³-hybridized carbons (Fsp3) is 0.833. The van der Waals surface area contributed by atoms with Crippen molar-refractivity contribution >= 4 is 11.7 Å². The van der Waals surface area contributed by atoms with Gasteiger partial charge >= 0.3 is 0 Å². The monoisotopic (exact) mass is 289 g/mol. The van der Waals surface area contributed by atoms with E-state index in [1.165, 1.54) is 6.20 Å². The zero-order valence-corrected chi connectivity index (χ0v) is 12.5. The van der Waals surface area contributed by atoms with Crippen molar-refractivity contribution in [2.24, 2.45) is 5.41 Å². The molecule has 0 fully saturated rings. The molecule has 0 amide bonds. The molecule has 0 aliphatic carbocycles. The summed E-state index contributed by atoms with van der Waals surface area (Å²) in [6.07, 6.45) is 1.56. The van der Waals surface area contributed by atoms with Crippen LogP contribution in [-0.2, 0) is 0 Å². The Hall–Kier alpha value is -0.760. The lowest BCUT2D eigenvalue weighted by Crippen LogP contribution is -2.45. The molecule has 7 heteroatoms. The summed E-state index contributed by atoms with van der Waals surface area (Å²) in [6.45, 7) is 7.03. The molecule has 110 valence electrons. The van der Waals surface area contributed by atoms with E-state index in [0.717, 1.165) is 11.7 Å². The van der Waals surface area contributed by atoms with Crippen molar-refractivity contribution in [1.82, 2.24) is 14.1 Å². The van der Waals surface area contributed by atoms with Gasteiger partial charge in [0, 0.05) is 19.2 Å². The molecule has 0 aliphatic rings. The van der Waals surface area contributed by atoms with Gasteiger partial charge in [0.15, 0.2) is 0 Å². The molecule has 0 aromatic carbocycles.